The lowest BCUT2D eigenvalue weighted by Crippen LogP contribution is -2.14. The van der Waals surface area contributed by atoms with Crippen molar-refractivity contribution in [1.29, 1.82) is 0 Å². The molecule has 5 nitrogen and oxygen atoms in total. The molecule has 0 amide bonds. The summed E-state index contributed by atoms with van der Waals surface area (Å²) < 4.78 is 27.3. The highest BCUT2D eigenvalue weighted by molar-refractivity contribution is 9.11. The van der Waals surface area contributed by atoms with Gasteiger partial charge in [-0.3, -0.25) is 4.72 Å². The molecule has 0 aliphatic carbocycles. The molecule has 0 spiro atoms. The Balaban J connectivity index is 2.36. The summed E-state index contributed by atoms with van der Waals surface area (Å²) in [4.78, 5) is 8.38. The van der Waals surface area contributed by atoms with Crippen molar-refractivity contribution >= 4 is 54.7 Å². The van der Waals surface area contributed by atoms with Crippen LogP contribution in [0.25, 0.3) is 0 Å². The summed E-state index contributed by atoms with van der Waals surface area (Å²) >= 11 is 10.3. The number of hydrogen-bond donors (Lipinski definition) is 1. The van der Waals surface area contributed by atoms with Gasteiger partial charge in [0, 0.05) is 10.9 Å². The molecule has 9 heteroatoms. The third kappa shape index (κ3) is 3.00. The lowest BCUT2D eigenvalue weighted by atomic mass is 10.5. The smallest absolute Gasteiger partial charge is 0.263 e. The molecule has 0 radical (unpaired) electrons. The van der Waals surface area contributed by atoms with Gasteiger partial charge in [0.15, 0.2) is 0 Å². The van der Waals surface area contributed by atoms with Gasteiger partial charge in [-0.1, -0.05) is 11.6 Å². The molecule has 2 aromatic rings. The number of aryl methyl sites for hydroxylation is 1. The van der Waals surface area contributed by atoms with Crippen LogP contribution in [0.4, 0.5) is 5.82 Å². The summed E-state index contributed by atoms with van der Waals surface area (Å²) in [6, 6.07) is 2.89. The van der Waals surface area contributed by atoms with E-state index in [2.05, 4.69) is 30.6 Å². The van der Waals surface area contributed by atoms with Crippen LogP contribution in [-0.2, 0) is 10.0 Å². The summed E-state index contributed by atoms with van der Waals surface area (Å²) in [5.41, 5.74) is 0. The summed E-state index contributed by atoms with van der Waals surface area (Å²) in [5.74, 6) is 0.136. The molecule has 96 valence electrons. The lowest BCUT2D eigenvalue weighted by Gasteiger charge is -2.06. The first-order valence-electron chi connectivity index (χ1n) is 4.65. The quantitative estimate of drug-likeness (QED) is 0.845. The molecule has 0 unspecified atom stereocenters. The first-order valence-corrected chi connectivity index (χ1v) is 8.12. The molecule has 0 saturated heterocycles. The summed E-state index contributed by atoms with van der Waals surface area (Å²) in [6.07, 6.45) is 1.19. The number of rotatable bonds is 3. The zero-order valence-corrected chi connectivity index (χ0v) is 13.0. The second kappa shape index (κ2) is 5.12. The number of hydrogen-bond acceptors (Lipinski definition) is 5. The Morgan fingerprint density at radius 2 is 2.11 bits per heavy atom. The van der Waals surface area contributed by atoms with E-state index in [9.17, 15) is 8.42 Å². The van der Waals surface area contributed by atoms with Crippen LogP contribution >= 0.6 is 38.9 Å². The Labute approximate surface area is 121 Å². The predicted octanol–water partition coefficient (Wildman–Crippen LogP) is 3.06. The van der Waals surface area contributed by atoms with Crippen molar-refractivity contribution in [1.82, 2.24) is 9.97 Å². The van der Waals surface area contributed by atoms with Crippen molar-refractivity contribution in [2.75, 3.05) is 4.72 Å². The maximum absolute atomic E-state index is 12.1. The average molecular weight is 369 g/mol. The Morgan fingerprint density at radius 3 is 2.67 bits per heavy atom. The fourth-order valence-electron chi connectivity index (χ4n) is 1.28. The Hall–Kier alpha value is -0.700. The Kier molecular flexibility index (Phi) is 3.90. The van der Waals surface area contributed by atoms with E-state index in [1.165, 1.54) is 23.7 Å². The summed E-state index contributed by atoms with van der Waals surface area (Å²) in [6.45, 7) is 1.73. The van der Waals surface area contributed by atoms with Crippen molar-refractivity contribution in [3.05, 3.63) is 32.3 Å². The highest BCUT2D eigenvalue weighted by Gasteiger charge is 2.20. The van der Waals surface area contributed by atoms with Crippen molar-refractivity contribution in [2.45, 2.75) is 11.8 Å². The molecule has 0 saturated carbocycles. The van der Waals surface area contributed by atoms with E-state index in [0.29, 0.717) is 4.88 Å². The number of nitrogens with one attached hydrogen (secondary N) is 1. The minimum atomic E-state index is -3.66. The first-order chi connectivity index (χ1) is 8.38. The minimum absolute atomic E-state index is 0.136. The molecule has 1 N–H and O–H groups in total. The highest BCUT2D eigenvalue weighted by Crippen LogP contribution is 2.30. The molecule has 0 bridgehead atoms. The fraction of sp³-hybridized carbons (Fsp3) is 0.111. The van der Waals surface area contributed by atoms with Gasteiger partial charge in [0.05, 0.1) is 3.79 Å². The average Bonchev–Trinajstić information content (AvgIpc) is 2.58. The monoisotopic (exact) mass is 367 g/mol. The van der Waals surface area contributed by atoms with Gasteiger partial charge in [0.25, 0.3) is 10.0 Å². The third-order valence-corrected chi connectivity index (χ3v) is 5.37. The molecule has 18 heavy (non-hydrogen) atoms. The number of thiophene rings is 1. The normalized spacial score (nSPS) is 11.5. The molecule has 2 heterocycles. The van der Waals surface area contributed by atoms with Gasteiger partial charge < -0.3 is 0 Å². The second-order valence-electron chi connectivity index (χ2n) is 3.30. The zero-order valence-electron chi connectivity index (χ0n) is 9.02. The predicted molar refractivity (Wildman–Crippen MR) is 74.6 cm³/mol. The van der Waals surface area contributed by atoms with Crippen LogP contribution in [0, 0.1) is 6.92 Å². The van der Waals surface area contributed by atoms with Gasteiger partial charge in [-0.15, -0.1) is 11.3 Å². The Morgan fingerprint density at radius 1 is 1.39 bits per heavy atom. The number of halogens is 2. The van der Waals surface area contributed by atoms with Crippen LogP contribution in [0.15, 0.2) is 27.1 Å². The van der Waals surface area contributed by atoms with E-state index in [-0.39, 0.29) is 15.9 Å². The molecule has 0 aliphatic rings. The molecular formula is C9H7BrClN3O2S2. The van der Waals surface area contributed by atoms with Crippen molar-refractivity contribution in [3.63, 3.8) is 0 Å². The standard InChI is InChI=1S/C9H7BrClN3O2S2/c1-5-6(2-7(10)17-5)18(15,16)14-9-3-8(11)12-4-13-9/h2-4H,1H3,(H,12,13,14). The lowest BCUT2D eigenvalue weighted by molar-refractivity contribution is 0.601. The maximum Gasteiger partial charge on any atom is 0.264 e. The van der Waals surface area contributed by atoms with Crippen molar-refractivity contribution in [3.8, 4) is 0 Å². The van der Waals surface area contributed by atoms with E-state index in [1.807, 2.05) is 0 Å². The minimum Gasteiger partial charge on any atom is -0.263 e. The second-order valence-corrected chi connectivity index (χ2v) is 7.98. The van der Waals surface area contributed by atoms with Crippen LogP contribution in [0.3, 0.4) is 0 Å². The molecule has 0 fully saturated rings. The van der Waals surface area contributed by atoms with E-state index in [4.69, 9.17) is 11.6 Å². The largest absolute Gasteiger partial charge is 0.264 e. The fourth-order valence-corrected chi connectivity index (χ4v) is 4.84. The molecule has 0 aliphatic heterocycles. The summed E-state index contributed by atoms with van der Waals surface area (Å²) in [7, 11) is -3.66. The van der Waals surface area contributed by atoms with Crippen molar-refractivity contribution < 1.29 is 8.42 Å². The topological polar surface area (TPSA) is 72.0 Å². The van der Waals surface area contributed by atoms with Crippen LogP contribution in [0.1, 0.15) is 4.88 Å². The van der Waals surface area contributed by atoms with Crippen LogP contribution in [0.5, 0.6) is 0 Å². The summed E-state index contributed by atoms with van der Waals surface area (Å²) in [5, 5.41) is 0.172. The number of anilines is 1. The molecule has 2 rings (SSSR count). The van der Waals surface area contributed by atoms with Crippen LogP contribution in [0.2, 0.25) is 5.15 Å². The van der Waals surface area contributed by atoms with E-state index in [1.54, 1.807) is 13.0 Å². The van der Waals surface area contributed by atoms with E-state index >= 15 is 0 Å². The van der Waals surface area contributed by atoms with Gasteiger partial charge in [-0.25, -0.2) is 18.4 Å². The molecule has 0 atom stereocenters. The SMILES string of the molecule is Cc1sc(Br)cc1S(=O)(=O)Nc1cc(Cl)ncn1. The first kappa shape index (κ1) is 13.7. The van der Waals surface area contributed by atoms with E-state index in [0.717, 1.165) is 3.79 Å². The van der Waals surface area contributed by atoms with E-state index < -0.39 is 10.0 Å². The van der Waals surface area contributed by atoms with Crippen molar-refractivity contribution in [2.24, 2.45) is 0 Å². The van der Waals surface area contributed by atoms with Gasteiger partial charge >= 0.3 is 0 Å². The zero-order chi connectivity index (χ0) is 13.3. The molecule has 0 aromatic carbocycles. The van der Waals surface area contributed by atoms with Crippen LogP contribution < -0.4 is 4.72 Å². The Bertz CT molecular complexity index is 687. The number of aromatic nitrogens is 2. The van der Waals surface area contributed by atoms with Crippen LogP contribution in [-0.4, -0.2) is 18.4 Å². The van der Waals surface area contributed by atoms with Gasteiger partial charge in [-0.05, 0) is 28.9 Å². The molecule has 2 aromatic heterocycles. The van der Waals surface area contributed by atoms with Gasteiger partial charge in [-0.2, -0.15) is 0 Å². The highest BCUT2D eigenvalue weighted by atomic mass is 79.9. The third-order valence-electron chi connectivity index (χ3n) is 2.00. The van der Waals surface area contributed by atoms with Gasteiger partial charge in [0.2, 0.25) is 0 Å². The maximum atomic E-state index is 12.1. The van der Waals surface area contributed by atoms with Gasteiger partial charge in [0.1, 0.15) is 22.2 Å². The molecular weight excluding hydrogens is 362 g/mol. The number of sulfonamides is 1. The number of nitrogens with zero attached hydrogens (tertiary/aromatic N) is 2.